The Bertz CT molecular complexity index is 863. The Morgan fingerprint density at radius 2 is 2.00 bits per heavy atom. The van der Waals surface area contributed by atoms with Crippen LogP contribution in [0.1, 0.15) is 5.56 Å². The Kier molecular flexibility index (Phi) is 3.20. The van der Waals surface area contributed by atoms with Gasteiger partial charge in [0.05, 0.1) is 11.3 Å². The molecule has 2 aromatic heterocycles. The monoisotopic (exact) mass is 391 g/mol. The molecule has 0 radical (unpaired) electrons. The topological polar surface area (TPSA) is 80.5 Å². The molecular formula is C13H7Br2N5. The number of pyridine rings is 1. The molecule has 0 aliphatic carbocycles. The zero-order chi connectivity index (χ0) is 14.3. The minimum atomic E-state index is 0.296. The minimum Gasteiger partial charge on any atom is -0.369 e. The van der Waals surface area contributed by atoms with Crippen LogP contribution in [0, 0.1) is 11.3 Å². The van der Waals surface area contributed by atoms with Crippen molar-refractivity contribution in [2.75, 3.05) is 5.73 Å². The normalized spacial score (nSPS) is 10.7. The number of nitrogen functional groups attached to an aromatic ring is 1. The summed E-state index contributed by atoms with van der Waals surface area (Å²) in [5.74, 6) is 0.296. The molecule has 0 aliphatic rings. The lowest BCUT2D eigenvalue weighted by Gasteiger charge is -2.08. The third-order valence-corrected chi connectivity index (χ3v) is 3.74. The summed E-state index contributed by atoms with van der Waals surface area (Å²) in [5, 5.41) is 9.28. The van der Waals surface area contributed by atoms with Crippen LogP contribution in [0.5, 0.6) is 0 Å². The summed E-state index contributed by atoms with van der Waals surface area (Å²) in [6.07, 6.45) is 1.67. The Hall–Kier alpha value is -1.91. The van der Waals surface area contributed by atoms with Gasteiger partial charge in [-0.1, -0.05) is 15.9 Å². The van der Waals surface area contributed by atoms with Crippen LogP contribution in [0.3, 0.4) is 0 Å². The smallest absolute Gasteiger partial charge is 0.207 e. The molecule has 0 bridgehead atoms. The van der Waals surface area contributed by atoms with E-state index in [1.54, 1.807) is 16.8 Å². The number of imidazole rings is 1. The fourth-order valence-electron chi connectivity index (χ4n) is 1.99. The predicted molar refractivity (Wildman–Crippen MR) is 83.4 cm³/mol. The number of hydrogen-bond donors (Lipinski definition) is 1. The van der Waals surface area contributed by atoms with Crippen molar-refractivity contribution in [3.63, 3.8) is 0 Å². The molecule has 0 unspecified atom stereocenters. The number of nitriles is 1. The number of halogens is 2. The van der Waals surface area contributed by atoms with Crippen molar-refractivity contribution in [3.8, 4) is 11.8 Å². The van der Waals surface area contributed by atoms with Crippen LogP contribution < -0.4 is 5.73 Å². The fraction of sp³-hybridized carbons (Fsp3) is 0. The van der Waals surface area contributed by atoms with E-state index in [0.717, 1.165) is 8.95 Å². The first kappa shape index (κ1) is 13.1. The zero-order valence-corrected chi connectivity index (χ0v) is 13.2. The largest absolute Gasteiger partial charge is 0.369 e. The van der Waals surface area contributed by atoms with Crippen LogP contribution in [0.25, 0.3) is 16.9 Å². The number of fused-ring (bicyclic) bond motifs is 1. The van der Waals surface area contributed by atoms with E-state index in [-0.39, 0.29) is 0 Å². The maximum absolute atomic E-state index is 9.28. The van der Waals surface area contributed by atoms with E-state index in [1.807, 2.05) is 18.2 Å². The first-order chi connectivity index (χ1) is 9.60. The molecule has 0 saturated carbocycles. The Morgan fingerprint density at radius 1 is 1.20 bits per heavy atom. The number of nitrogens with zero attached hydrogens (tertiary/aromatic N) is 4. The zero-order valence-electron chi connectivity index (χ0n) is 10.0. The summed E-state index contributed by atoms with van der Waals surface area (Å²) < 4.78 is 3.33. The Morgan fingerprint density at radius 3 is 2.75 bits per heavy atom. The van der Waals surface area contributed by atoms with Gasteiger partial charge in [0.15, 0.2) is 5.65 Å². The highest BCUT2D eigenvalue weighted by Crippen LogP contribution is 2.27. The molecule has 3 aromatic rings. The third-order valence-electron chi connectivity index (χ3n) is 2.81. The number of rotatable bonds is 1. The minimum absolute atomic E-state index is 0.296. The van der Waals surface area contributed by atoms with Gasteiger partial charge in [-0.15, -0.1) is 0 Å². The fourth-order valence-corrected chi connectivity index (χ4v) is 2.67. The first-order valence-corrected chi connectivity index (χ1v) is 7.18. The molecular weight excluding hydrogens is 386 g/mol. The molecule has 98 valence electrons. The van der Waals surface area contributed by atoms with Gasteiger partial charge in [0.2, 0.25) is 5.95 Å². The van der Waals surface area contributed by atoms with Gasteiger partial charge in [0.25, 0.3) is 0 Å². The maximum Gasteiger partial charge on any atom is 0.207 e. The average molecular weight is 393 g/mol. The number of aromatic nitrogens is 3. The second kappa shape index (κ2) is 4.89. The van der Waals surface area contributed by atoms with Crippen molar-refractivity contribution in [3.05, 3.63) is 45.0 Å². The Labute approximate surface area is 131 Å². The van der Waals surface area contributed by atoms with Crippen molar-refractivity contribution in [2.45, 2.75) is 0 Å². The quantitative estimate of drug-likeness (QED) is 0.688. The lowest BCUT2D eigenvalue weighted by molar-refractivity contribution is 1.07. The highest BCUT2D eigenvalue weighted by atomic mass is 79.9. The third kappa shape index (κ3) is 2.07. The van der Waals surface area contributed by atoms with Crippen molar-refractivity contribution in [1.82, 2.24) is 14.5 Å². The highest BCUT2D eigenvalue weighted by molar-refractivity contribution is 9.10. The summed E-state index contributed by atoms with van der Waals surface area (Å²) in [5.41, 5.74) is 8.41. The van der Waals surface area contributed by atoms with Crippen molar-refractivity contribution < 1.29 is 0 Å². The van der Waals surface area contributed by atoms with E-state index in [9.17, 15) is 5.26 Å². The van der Waals surface area contributed by atoms with Crippen molar-refractivity contribution >= 4 is 49.0 Å². The van der Waals surface area contributed by atoms with Crippen LogP contribution in [-0.2, 0) is 0 Å². The molecule has 0 fully saturated rings. The summed E-state index contributed by atoms with van der Waals surface area (Å²) >= 11 is 6.70. The molecule has 2 N–H and O–H groups in total. The average Bonchev–Trinajstić information content (AvgIpc) is 2.73. The first-order valence-electron chi connectivity index (χ1n) is 5.59. The van der Waals surface area contributed by atoms with E-state index in [1.165, 1.54) is 0 Å². The van der Waals surface area contributed by atoms with Crippen LogP contribution in [0.4, 0.5) is 5.95 Å². The highest BCUT2D eigenvalue weighted by Gasteiger charge is 2.14. The van der Waals surface area contributed by atoms with Gasteiger partial charge in [0, 0.05) is 15.1 Å². The summed E-state index contributed by atoms with van der Waals surface area (Å²) in [6.45, 7) is 0. The lowest BCUT2D eigenvalue weighted by Crippen LogP contribution is -2.03. The number of hydrogen-bond acceptors (Lipinski definition) is 4. The number of benzene rings is 1. The number of anilines is 1. The molecule has 2 heterocycles. The van der Waals surface area contributed by atoms with Crippen molar-refractivity contribution in [1.29, 1.82) is 5.26 Å². The van der Waals surface area contributed by atoms with Gasteiger partial charge < -0.3 is 5.73 Å². The lowest BCUT2D eigenvalue weighted by atomic mass is 10.2. The predicted octanol–water partition coefficient (Wildman–Crippen LogP) is 3.40. The Balaban J connectivity index is 2.35. The molecule has 5 nitrogen and oxygen atoms in total. The van der Waals surface area contributed by atoms with Crippen LogP contribution in [0.2, 0.25) is 0 Å². The van der Waals surface area contributed by atoms with Crippen LogP contribution in [0.15, 0.2) is 39.4 Å². The second-order valence-electron chi connectivity index (χ2n) is 4.07. The van der Waals surface area contributed by atoms with E-state index in [4.69, 9.17) is 5.73 Å². The van der Waals surface area contributed by atoms with E-state index in [2.05, 4.69) is 47.9 Å². The maximum atomic E-state index is 9.28. The van der Waals surface area contributed by atoms with Gasteiger partial charge >= 0.3 is 0 Å². The molecule has 0 aliphatic heterocycles. The summed E-state index contributed by atoms with van der Waals surface area (Å²) in [7, 11) is 0. The van der Waals surface area contributed by atoms with Gasteiger partial charge in [-0.2, -0.15) is 5.26 Å². The van der Waals surface area contributed by atoms with E-state index in [0.29, 0.717) is 28.4 Å². The van der Waals surface area contributed by atoms with Gasteiger partial charge in [-0.05, 0) is 40.2 Å². The number of nitrogens with two attached hydrogens (primary N) is 1. The molecule has 0 amide bonds. The molecule has 0 atom stereocenters. The van der Waals surface area contributed by atoms with Crippen molar-refractivity contribution in [2.24, 2.45) is 0 Å². The molecule has 1 aromatic carbocycles. The molecule has 20 heavy (non-hydrogen) atoms. The summed E-state index contributed by atoms with van der Waals surface area (Å²) in [6, 6.07) is 9.38. The van der Waals surface area contributed by atoms with Gasteiger partial charge in [0.1, 0.15) is 11.6 Å². The second-order valence-corrected chi connectivity index (χ2v) is 5.91. The molecule has 3 rings (SSSR count). The summed E-state index contributed by atoms with van der Waals surface area (Å²) in [4.78, 5) is 8.60. The molecule has 0 spiro atoms. The van der Waals surface area contributed by atoms with Crippen LogP contribution in [-0.4, -0.2) is 14.5 Å². The van der Waals surface area contributed by atoms with E-state index >= 15 is 0 Å². The van der Waals surface area contributed by atoms with Gasteiger partial charge in [-0.3, -0.25) is 4.57 Å². The van der Waals surface area contributed by atoms with Crippen LogP contribution >= 0.6 is 31.9 Å². The standard InChI is InChI=1S/C13H7Br2N5/c14-8-1-2-11(7(3-8)5-16)20-12-10(19-13(20)17)4-9(15)6-18-12/h1-4,6H,(H2,17,19). The molecule has 7 heteroatoms. The SMILES string of the molecule is N#Cc1cc(Br)ccc1-n1c(N)nc2cc(Br)cnc21. The van der Waals surface area contributed by atoms with E-state index < -0.39 is 0 Å². The van der Waals surface area contributed by atoms with Gasteiger partial charge in [-0.25, -0.2) is 9.97 Å². The molecule has 0 saturated heterocycles.